The topological polar surface area (TPSA) is 58.2 Å². The molecule has 0 spiro atoms. The Hall–Kier alpha value is -0.340. The average Bonchev–Trinajstić information content (AvgIpc) is 2.37. The molecular formula is C13H11Cl2N2NaO2S2. The molecule has 22 heavy (non-hydrogen) atoms. The first-order valence-corrected chi connectivity index (χ1v) is 8.36. The summed E-state index contributed by atoms with van der Waals surface area (Å²) in [6.45, 7) is 0. The molecule has 0 fully saturated rings. The Bertz CT molecular complexity index is 751. The van der Waals surface area contributed by atoms with Crippen molar-refractivity contribution in [1.82, 2.24) is 4.72 Å². The van der Waals surface area contributed by atoms with Gasteiger partial charge in [0.05, 0.1) is 4.90 Å². The van der Waals surface area contributed by atoms with Crippen LogP contribution in [0.2, 0.25) is 10.0 Å². The second-order valence-electron chi connectivity index (χ2n) is 4.03. The SMILES string of the molecule is O=S(=O)(NC(=S)Nc1cc(Cl)cc(Cl)c1)c1ccccc1.[NaH]. The van der Waals surface area contributed by atoms with Gasteiger partial charge in [0.25, 0.3) is 10.0 Å². The monoisotopic (exact) mass is 384 g/mol. The minimum atomic E-state index is -3.72. The summed E-state index contributed by atoms with van der Waals surface area (Å²) >= 11 is 16.7. The zero-order chi connectivity index (χ0) is 15.5. The predicted octanol–water partition coefficient (Wildman–Crippen LogP) is 3.02. The molecule has 2 aromatic carbocycles. The molecule has 0 amide bonds. The Balaban J connectivity index is 0.00000242. The molecule has 0 aromatic heterocycles. The van der Waals surface area contributed by atoms with E-state index in [1.54, 1.807) is 36.4 Å². The number of benzene rings is 2. The van der Waals surface area contributed by atoms with E-state index in [1.165, 1.54) is 12.1 Å². The van der Waals surface area contributed by atoms with Gasteiger partial charge in [-0.1, -0.05) is 41.4 Å². The van der Waals surface area contributed by atoms with Gasteiger partial charge in [0.2, 0.25) is 0 Å². The molecule has 2 N–H and O–H groups in total. The van der Waals surface area contributed by atoms with Crippen molar-refractivity contribution in [2.24, 2.45) is 0 Å². The van der Waals surface area contributed by atoms with Gasteiger partial charge in [0.15, 0.2) is 5.11 Å². The second kappa shape index (κ2) is 8.49. The quantitative estimate of drug-likeness (QED) is 0.630. The van der Waals surface area contributed by atoms with Crippen molar-refractivity contribution in [3.63, 3.8) is 0 Å². The van der Waals surface area contributed by atoms with E-state index >= 15 is 0 Å². The van der Waals surface area contributed by atoms with Gasteiger partial charge < -0.3 is 5.32 Å². The first-order valence-electron chi connectivity index (χ1n) is 5.72. The van der Waals surface area contributed by atoms with E-state index < -0.39 is 10.0 Å². The molecule has 0 aliphatic carbocycles. The molecule has 0 bridgehead atoms. The van der Waals surface area contributed by atoms with Crippen LogP contribution < -0.4 is 10.0 Å². The normalized spacial score (nSPS) is 10.5. The number of anilines is 1. The Morgan fingerprint density at radius 1 is 1.00 bits per heavy atom. The molecule has 0 aliphatic rings. The number of rotatable bonds is 3. The van der Waals surface area contributed by atoms with Gasteiger partial charge in [-0.05, 0) is 42.5 Å². The van der Waals surface area contributed by atoms with Crippen molar-refractivity contribution in [2.75, 3.05) is 5.32 Å². The maximum absolute atomic E-state index is 12.1. The summed E-state index contributed by atoms with van der Waals surface area (Å²) in [4.78, 5) is 0.123. The van der Waals surface area contributed by atoms with Crippen LogP contribution >= 0.6 is 35.4 Å². The number of halogens is 2. The van der Waals surface area contributed by atoms with Crippen LogP contribution in [-0.2, 0) is 10.0 Å². The van der Waals surface area contributed by atoms with E-state index in [0.717, 1.165) is 0 Å². The van der Waals surface area contributed by atoms with Crippen molar-refractivity contribution < 1.29 is 8.42 Å². The van der Waals surface area contributed by atoms with E-state index in [4.69, 9.17) is 35.4 Å². The van der Waals surface area contributed by atoms with Crippen LogP contribution in [0.5, 0.6) is 0 Å². The molecule has 9 heteroatoms. The summed E-state index contributed by atoms with van der Waals surface area (Å²) in [6.07, 6.45) is 0. The van der Waals surface area contributed by atoms with E-state index in [1.807, 2.05) is 0 Å². The summed E-state index contributed by atoms with van der Waals surface area (Å²) in [5.74, 6) is 0. The molecule has 2 aromatic rings. The van der Waals surface area contributed by atoms with E-state index in [-0.39, 0.29) is 39.6 Å². The molecule has 0 radical (unpaired) electrons. The molecule has 0 aliphatic heterocycles. The van der Waals surface area contributed by atoms with Crippen molar-refractivity contribution in [3.8, 4) is 0 Å². The fraction of sp³-hybridized carbons (Fsp3) is 0. The third-order valence-corrected chi connectivity index (χ3v) is 4.54. The third-order valence-electron chi connectivity index (χ3n) is 2.40. The van der Waals surface area contributed by atoms with Gasteiger partial charge in [-0.15, -0.1) is 0 Å². The number of thiocarbonyl (C=S) groups is 1. The Morgan fingerprint density at radius 3 is 2.09 bits per heavy atom. The molecule has 0 saturated heterocycles. The number of hydrogen-bond donors (Lipinski definition) is 2. The summed E-state index contributed by atoms with van der Waals surface area (Å²) in [7, 11) is -3.72. The van der Waals surface area contributed by atoms with Crippen LogP contribution in [0, 0.1) is 0 Å². The number of hydrogen-bond acceptors (Lipinski definition) is 3. The minimum absolute atomic E-state index is 0. The molecule has 112 valence electrons. The van der Waals surface area contributed by atoms with Crippen LogP contribution in [0.15, 0.2) is 53.4 Å². The van der Waals surface area contributed by atoms with Gasteiger partial charge in [-0.3, -0.25) is 4.72 Å². The van der Waals surface area contributed by atoms with Crippen LogP contribution in [0.1, 0.15) is 0 Å². The van der Waals surface area contributed by atoms with Crippen LogP contribution in [0.25, 0.3) is 0 Å². The Labute approximate surface area is 166 Å². The summed E-state index contributed by atoms with van der Waals surface area (Å²) < 4.78 is 26.4. The summed E-state index contributed by atoms with van der Waals surface area (Å²) in [5, 5.41) is 3.48. The average molecular weight is 385 g/mol. The van der Waals surface area contributed by atoms with Gasteiger partial charge in [0.1, 0.15) is 0 Å². The zero-order valence-corrected chi connectivity index (χ0v) is 13.7. The van der Waals surface area contributed by atoms with Gasteiger partial charge in [-0.2, -0.15) is 0 Å². The Morgan fingerprint density at radius 2 is 1.55 bits per heavy atom. The van der Waals surface area contributed by atoms with E-state index in [2.05, 4.69) is 10.0 Å². The summed E-state index contributed by atoms with van der Waals surface area (Å²) in [5.41, 5.74) is 0.494. The van der Waals surface area contributed by atoms with Crippen molar-refractivity contribution in [2.45, 2.75) is 4.90 Å². The van der Waals surface area contributed by atoms with Crippen LogP contribution in [-0.4, -0.2) is 43.1 Å². The third kappa shape index (κ3) is 5.70. The molecule has 4 nitrogen and oxygen atoms in total. The molecule has 0 saturated carbocycles. The second-order valence-corrected chi connectivity index (χ2v) is 6.99. The zero-order valence-electron chi connectivity index (χ0n) is 10.5. The summed E-state index contributed by atoms with van der Waals surface area (Å²) in [6, 6.07) is 12.6. The van der Waals surface area contributed by atoms with Crippen molar-refractivity contribution >= 4 is 85.8 Å². The first kappa shape index (κ1) is 19.7. The van der Waals surface area contributed by atoms with Crippen molar-refractivity contribution in [1.29, 1.82) is 0 Å². The Kier molecular flexibility index (Phi) is 7.61. The molecule has 0 atom stereocenters. The number of nitrogens with one attached hydrogen (secondary N) is 2. The first-order chi connectivity index (χ1) is 9.87. The van der Waals surface area contributed by atoms with Gasteiger partial charge in [-0.25, -0.2) is 8.42 Å². The van der Waals surface area contributed by atoms with E-state index in [9.17, 15) is 8.42 Å². The fourth-order valence-corrected chi connectivity index (χ4v) is 3.46. The van der Waals surface area contributed by atoms with Crippen molar-refractivity contribution in [3.05, 3.63) is 58.6 Å². The predicted molar refractivity (Wildman–Crippen MR) is 96.6 cm³/mol. The molecular weight excluding hydrogens is 374 g/mol. The molecule has 2 rings (SSSR count). The molecule has 0 unspecified atom stereocenters. The van der Waals surface area contributed by atoms with Gasteiger partial charge in [0, 0.05) is 15.7 Å². The van der Waals surface area contributed by atoms with Crippen LogP contribution in [0.4, 0.5) is 5.69 Å². The maximum atomic E-state index is 12.1. The van der Waals surface area contributed by atoms with E-state index in [0.29, 0.717) is 15.7 Å². The number of sulfonamides is 1. The van der Waals surface area contributed by atoms with Gasteiger partial charge >= 0.3 is 29.6 Å². The standard InChI is InChI=1S/C13H10Cl2N2O2S2.Na.H/c14-9-6-10(15)8-11(7-9)16-13(20)17-21(18,19)12-4-2-1-3-5-12;;/h1-8H,(H2,16,17,20);;. The van der Waals surface area contributed by atoms with Crippen LogP contribution in [0.3, 0.4) is 0 Å². The molecule has 0 heterocycles. The fourth-order valence-electron chi connectivity index (χ4n) is 1.56.